The summed E-state index contributed by atoms with van der Waals surface area (Å²) in [7, 11) is 1.30. The molecule has 17 heavy (non-hydrogen) atoms. The molecule has 0 radical (unpaired) electrons. The number of hydrogen-bond donors (Lipinski definition) is 3. The zero-order chi connectivity index (χ0) is 12.6. The van der Waals surface area contributed by atoms with Gasteiger partial charge in [-0.25, -0.2) is 4.79 Å². The van der Waals surface area contributed by atoms with Crippen LogP contribution in [0.1, 0.15) is 10.4 Å². The molecule has 0 aliphatic carbocycles. The fourth-order valence-corrected chi connectivity index (χ4v) is 1.69. The molecule has 1 heterocycles. The van der Waals surface area contributed by atoms with Crippen LogP contribution in [0.5, 0.6) is 11.5 Å². The van der Waals surface area contributed by atoms with E-state index in [1.165, 1.54) is 25.2 Å². The van der Waals surface area contributed by atoms with Gasteiger partial charge in [-0.3, -0.25) is 4.79 Å². The summed E-state index contributed by atoms with van der Waals surface area (Å²) >= 11 is 0. The number of hydrogen-bond acceptors (Lipinski definition) is 6. The molecule has 1 unspecified atom stereocenters. The average molecular weight is 235 g/mol. The molecule has 1 atom stereocenters. The van der Waals surface area contributed by atoms with Crippen LogP contribution in [0.2, 0.25) is 0 Å². The van der Waals surface area contributed by atoms with Gasteiger partial charge in [0.05, 0.1) is 11.3 Å². The number of anilines is 1. The molecule has 0 bridgehead atoms. The highest BCUT2D eigenvalue weighted by atomic mass is 16.5. The third-order valence-corrected chi connectivity index (χ3v) is 2.52. The first-order valence-electron chi connectivity index (χ1n) is 4.74. The van der Waals surface area contributed by atoms with Crippen LogP contribution in [-0.2, 0) is 9.53 Å². The highest BCUT2D eigenvalue weighted by Crippen LogP contribution is 2.39. The van der Waals surface area contributed by atoms with Gasteiger partial charge in [-0.2, -0.15) is 0 Å². The van der Waals surface area contributed by atoms with E-state index >= 15 is 0 Å². The maximum atomic E-state index is 11.9. The van der Waals surface area contributed by atoms with Crippen LogP contribution in [0.3, 0.4) is 0 Å². The smallest absolute Gasteiger partial charge is 0.210 e. The normalized spacial score (nSPS) is 18.3. The molecule has 1 aliphatic heterocycles. The zero-order valence-electron chi connectivity index (χ0n) is 8.85. The Bertz CT molecular complexity index is 545. The number of carbonyl (C=O) groups is 1. The molecule has 0 spiro atoms. The molecule has 0 saturated heterocycles. The minimum Gasteiger partial charge on any atom is -0.507 e. The Balaban J connectivity index is 2.69. The van der Waals surface area contributed by atoms with Crippen LogP contribution in [0.15, 0.2) is 17.7 Å². The van der Waals surface area contributed by atoms with Gasteiger partial charge in [0.15, 0.2) is 6.23 Å². The van der Waals surface area contributed by atoms with Crippen molar-refractivity contribution in [3.8, 4) is 11.5 Å². The van der Waals surface area contributed by atoms with Gasteiger partial charge in [0.2, 0.25) is 5.78 Å². The van der Waals surface area contributed by atoms with Crippen molar-refractivity contribution in [1.82, 2.24) is 0 Å². The van der Waals surface area contributed by atoms with Crippen molar-refractivity contribution in [3.05, 3.63) is 23.3 Å². The Morgan fingerprint density at radius 2 is 2.00 bits per heavy atom. The first kappa shape index (κ1) is 11.2. The second-order valence-corrected chi connectivity index (χ2v) is 3.46. The van der Waals surface area contributed by atoms with Crippen molar-refractivity contribution in [2.24, 2.45) is 0 Å². The molecule has 0 amide bonds. The van der Waals surface area contributed by atoms with Crippen molar-refractivity contribution in [3.63, 3.8) is 0 Å². The van der Waals surface area contributed by atoms with Gasteiger partial charge in [-0.15, -0.1) is 0 Å². The third-order valence-electron chi connectivity index (χ3n) is 2.52. The summed E-state index contributed by atoms with van der Waals surface area (Å²) in [5, 5.41) is 21.8. The van der Waals surface area contributed by atoms with Crippen molar-refractivity contribution in [2.75, 3.05) is 12.4 Å². The molecule has 0 fully saturated rings. The van der Waals surface area contributed by atoms with Gasteiger partial charge in [-0.1, -0.05) is 0 Å². The lowest BCUT2D eigenvalue weighted by Gasteiger charge is -2.26. The second kappa shape index (κ2) is 3.93. The Morgan fingerprint density at radius 3 is 2.59 bits per heavy atom. The summed E-state index contributed by atoms with van der Waals surface area (Å²) in [6.45, 7) is 0. The van der Waals surface area contributed by atoms with Crippen molar-refractivity contribution >= 4 is 17.4 Å². The average Bonchev–Trinajstić information content (AvgIpc) is 2.33. The van der Waals surface area contributed by atoms with E-state index in [0.717, 1.165) is 0 Å². The predicted molar refractivity (Wildman–Crippen MR) is 57.7 cm³/mol. The van der Waals surface area contributed by atoms with Gasteiger partial charge in [-0.05, 0) is 12.1 Å². The highest BCUT2D eigenvalue weighted by Gasteiger charge is 2.34. The van der Waals surface area contributed by atoms with E-state index in [1.54, 1.807) is 0 Å². The Kier molecular flexibility index (Phi) is 2.59. The van der Waals surface area contributed by atoms with E-state index in [1.807, 2.05) is 0 Å². The topological polar surface area (TPSA) is 95.9 Å². The summed E-state index contributed by atoms with van der Waals surface area (Å²) in [5.41, 5.74) is -0.390. The lowest BCUT2D eigenvalue weighted by molar-refractivity contribution is 0.0946. The number of nitrogens with one attached hydrogen (secondary N) is 1. The number of Topliss-reactive ketones (excluding diaryl/α,β-unsaturated/α-hetero) is 1. The fourth-order valence-electron chi connectivity index (χ4n) is 1.69. The number of phenolic OH excluding ortho intramolecular Hbond substituents is 2. The molecule has 1 aliphatic rings. The van der Waals surface area contributed by atoms with Gasteiger partial charge >= 0.3 is 0 Å². The summed E-state index contributed by atoms with van der Waals surface area (Å²) in [6.07, 6.45) is -0.986. The SMILES string of the molecule is COC1Nc2c(O)ccc(O)c2C(=O)C1=C=O. The molecular weight excluding hydrogens is 226 g/mol. The van der Waals surface area contributed by atoms with Crippen LogP contribution < -0.4 is 5.32 Å². The van der Waals surface area contributed by atoms with Crippen molar-refractivity contribution in [1.29, 1.82) is 0 Å². The maximum Gasteiger partial charge on any atom is 0.210 e. The Morgan fingerprint density at radius 1 is 1.35 bits per heavy atom. The number of methoxy groups -OCH3 is 1. The van der Waals surface area contributed by atoms with Crippen LogP contribution in [0, 0.1) is 0 Å². The maximum absolute atomic E-state index is 11.9. The molecule has 0 aromatic heterocycles. The van der Waals surface area contributed by atoms with Gasteiger partial charge in [0.1, 0.15) is 23.0 Å². The number of aromatic hydroxyl groups is 2. The number of phenols is 2. The standard InChI is InChI=1S/C11H9NO5/c1-17-11-5(4-13)10(16)8-6(14)2-3-7(15)9(8)12-11/h2-3,11-12,14-15H,1H3. The van der Waals surface area contributed by atoms with E-state index in [9.17, 15) is 19.8 Å². The molecule has 6 heteroatoms. The minimum absolute atomic E-state index is 0.0425. The summed E-state index contributed by atoms with van der Waals surface area (Å²) in [5.74, 6) is 0.234. The van der Waals surface area contributed by atoms with E-state index in [4.69, 9.17) is 4.74 Å². The largest absolute Gasteiger partial charge is 0.507 e. The molecule has 1 aromatic rings. The number of benzene rings is 1. The monoisotopic (exact) mass is 235 g/mol. The lowest BCUT2D eigenvalue weighted by Crippen LogP contribution is -2.34. The van der Waals surface area contributed by atoms with Crippen LogP contribution >= 0.6 is 0 Å². The number of ketones is 1. The molecular formula is C11H9NO5. The lowest BCUT2D eigenvalue weighted by atomic mass is 9.95. The molecule has 3 N–H and O–H groups in total. The van der Waals surface area contributed by atoms with Gasteiger partial charge in [0.25, 0.3) is 0 Å². The van der Waals surface area contributed by atoms with Crippen LogP contribution in [0.25, 0.3) is 0 Å². The second-order valence-electron chi connectivity index (χ2n) is 3.46. The quantitative estimate of drug-likeness (QED) is 0.283. The van der Waals surface area contributed by atoms with E-state index in [-0.39, 0.29) is 28.3 Å². The predicted octanol–water partition coefficient (Wildman–Crippen LogP) is 0.436. The molecule has 2 rings (SSSR count). The summed E-state index contributed by atoms with van der Waals surface area (Å²) in [4.78, 5) is 22.6. The van der Waals surface area contributed by atoms with E-state index < -0.39 is 12.0 Å². The van der Waals surface area contributed by atoms with Crippen LogP contribution in [-0.4, -0.2) is 35.3 Å². The first-order valence-corrected chi connectivity index (χ1v) is 4.74. The minimum atomic E-state index is -0.986. The van der Waals surface area contributed by atoms with Gasteiger partial charge < -0.3 is 20.3 Å². The fraction of sp³-hybridized carbons (Fsp3) is 0.182. The Hall–Kier alpha value is -2.30. The third kappa shape index (κ3) is 1.56. The van der Waals surface area contributed by atoms with Crippen LogP contribution in [0.4, 0.5) is 5.69 Å². The number of carbonyl (C=O) groups excluding carboxylic acids is 2. The summed E-state index contributed by atoms with van der Waals surface area (Å²) in [6, 6.07) is 2.40. The molecule has 1 aromatic carbocycles. The Labute approximate surface area is 96.1 Å². The number of ether oxygens (including phenoxy) is 1. The van der Waals surface area contributed by atoms with Crippen molar-refractivity contribution in [2.45, 2.75) is 6.23 Å². The number of fused-ring (bicyclic) bond motifs is 1. The zero-order valence-corrected chi connectivity index (χ0v) is 8.85. The van der Waals surface area contributed by atoms with Crippen molar-refractivity contribution < 1.29 is 24.5 Å². The summed E-state index contributed by atoms with van der Waals surface area (Å²) < 4.78 is 4.89. The van der Waals surface area contributed by atoms with E-state index in [0.29, 0.717) is 0 Å². The first-order chi connectivity index (χ1) is 8.10. The molecule has 0 saturated carbocycles. The van der Waals surface area contributed by atoms with Gasteiger partial charge in [0, 0.05) is 7.11 Å². The molecule has 88 valence electrons. The number of rotatable bonds is 1. The highest BCUT2D eigenvalue weighted by molar-refractivity contribution is 6.20. The molecule has 6 nitrogen and oxygen atoms in total. The van der Waals surface area contributed by atoms with E-state index in [2.05, 4.69) is 5.32 Å².